The Balaban J connectivity index is 2.33. The van der Waals surface area contributed by atoms with Crippen molar-refractivity contribution in [3.63, 3.8) is 0 Å². The van der Waals surface area contributed by atoms with E-state index in [9.17, 15) is 0 Å². The molecule has 0 aromatic heterocycles. The van der Waals surface area contributed by atoms with Gasteiger partial charge >= 0.3 is 0 Å². The van der Waals surface area contributed by atoms with E-state index in [0.717, 1.165) is 13.1 Å². The van der Waals surface area contributed by atoms with Gasteiger partial charge in [0.1, 0.15) is 0 Å². The molecule has 0 aliphatic carbocycles. The largest absolute Gasteiger partial charge is 0.304 e. The van der Waals surface area contributed by atoms with E-state index in [1.807, 2.05) is 19.3 Å². The quantitative estimate of drug-likeness (QED) is 0.631. The van der Waals surface area contributed by atoms with Crippen LogP contribution in [0.25, 0.3) is 0 Å². The lowest BCUT2D eigenvalue weighted by atomic mass is 10.2. The lowest BCUT2D eigenvalue weighted by Crippen LogP contribution is -2.47. The number of aliphatic imine (C=N–C) groups is 1. The topological polar surface area (TPSA) is 18.8 Å². The highest BCUT2D eigenvalue weighted by Gasteiger charge is 2.16. The Kier molecular flexibility index (Phi) is 4.84. The van der Waals surface area contributed by atoms with Crippen LogP contribution >= 0.6 is 0 Å². The maximum absolute atomic E-state index is 4.08. The van der Waals surface area contributed by atoms with Gasteiger partial charge in [0.05, 0.1) is 0 Å². The molecule has 1 heterocycles. The van der Waals surface area contributed by atoms with Crippen LogP contribution in [-0.2, 0) is 0 Å². The zero-order chi connectivity index (χ0) is 10.4. The Hall–Kier alpha value is -0.670. The van der Waals surface area contributed by atoms with Crippen LogP contribution in [0.4, 0.5) is 0 Å². The van der Waals surface area contributed by atoms with Gasteiger partial charge in [-0.25, -0.2) is 0 Å². The van der Waals surface area contributed by atoms with Crippen LogP contribution in [0.5, 0.6) is 0 Å². The summed E-state index contributed by atoms with van der Waals surface area (Å²) in [6.07, 6.45) is 5.86. The summed E-state index contributed by atoms with van der Waals surface area (Å²) in [6.45, 7) is 8.85. The van der Waals surface area contributed by atoms with Gasteiger partial charge < -0.3 is 4.90 Å². The average molecular weight is 195 g/mol. The van der Waals surface area contributed by atoms with E-state index >= 15 is 0 Å². The van der Waals surface area contributed by atoms with E-state index < -0.39 is 0 Å². The molecular weight excluding hydrogens is 174 g/mol. The van der Waals surface area contributed by atoms with Gasteiger partial charge in [0, 0.05) is 44.6 Å². The van der Waals surface area contributed by atoms with Crippen LogP contribution in [0.2, 0.25) is 0 Å². The molecule has 0 spiro atoms. The van der Waals surface area contributed by atoms with Crippen molar-refractivity contribution in [3.8, 4) is 0 Å². The summed E-state index contributed by atoms with van der Waals surface area (Å²) in [5, 5.41) is 0. The molecule has 1 aliphatic heterocycles. The average Bonchev–Trinajstić information content (AvgIpc) is 2.19. The first-order valence-corrected chi connectivity index (χ1v) is 5.31. The predicted molar refractivity (Wildman–Crippen MR) is 61.8 cm³/mol. The number of piperazine rings is 1. The molecule has 3 nitrogen and oxygen atoms in total. The fourth-order valence-corrected chi connectivity index (χ4v) is 1.61. The standard InChI is InChI=1S/C11H21N3/c1-4-12-6-5-11(2)14-9-7-13(3)8-10-14/h4-6,11H,7-10H2,1-3H3/b6-5-,12-4?/t11-/m0/s1. The Morgan fingerprint density at radius 3 is 2.43 bits per heavy atom. The van der Waals surface area contributed by atoms with E-state index in [4.69, 9.17) is 0 Å². The van der Waals surface area contributed by atoms with Crippen LogP contribution in [0, 0.1) is 0 Å². The molecule has 1 aliphatic rings. The van der Waals surface area contributed by atoms with Crippen LogP contribution < -0.4 is 0 Å². The molecule has 0 N–H and O–H groups in total. The Labute approximate surface area is 87.1 Å². The van der Waals surface area contributed by atoms with Crippen molar-refractivity contribution in [2.45, 2.75) is 19.9 Å². The summed E-state index contributed by atoms with van der Waals surface area (Å²) >= 11 is 0. The van der Waals surface area contributed by atoms with E-state index in [-0.39, 0.29) is 0 Å². The second kappa shape index (κ2) is 5.94. The maximum Gasteiger partial charge on any atom is 0.0268 e. The Bertz CT molecular complexity index is 203. The fourth-order valence-electron chi connectivity index (χ4n) is 1.61. The summed E-state index contributed by atoms with van der Waals surface area (Å²) in [4.78, 5) is 8.94. The number of likely N-dealkylation sites (N-methyl/N-ethyl adjacent to an activating group) is 1. The SMILES string of the molecule is CC=N/C=C\[C@H](C)N1CCN(C)CC1. The lowest BCUT2D eigenvalue weighted by Gasteiger charge is -2.35. The first-order chi connectivity index (χ1) is 6.74. The summed E-state index contributed by atoms with van der Waals surface area (Å²) in [5.41, 5.74) is 0. The second-order valence-corrected chi connectivity index (χ2v) is 3.83. The molecule has 0 aromatic rings. The molecule has 1 saturated heterocycles. The van der Waals surface area contributed by atoms with Crippen molar-refractivity contribution in [2.24, 2.45) is 4.99 Å². The molecule has 1 fully saturated rings. The molecule has 14 heavy (non-hydrogen) atoms. The zero-order valence-corrected chi connectivity index (χ0v) is 9.48. The third kappa shape index (κ3) is 3.60. The number of hydrogen-bond acceptors (Lipinski definition) is 3. The van der Waals surface area contributed by atoms with Crippen molar-refractivity contribution in [1.82, 2.24) is 9.80 Å². The van der Waals surface area contributed by atoms with Gasteiger partial charge in [-0.2, -0.15) is 0 Å². The van der Waals surface area contributed by atoms with Crippen molar-refractivity contribution in [1.29, 1.82) is 0 Å². The van der Waals surface area contributed by atoms with Crippen LogP contribution in [0.15, 0.2) is 17.3 Å². The first kappa shape index (κ1) is 11.4. The van der Waals surface area contributed by atoms with Gasteiger partial charge in [-0.3, -0.25) is 9.89 Å². The minimum atomic E-state index is 0.507. The number of hydrogen-bond donors (Lipinski definition) is 0. The van der Waals surface area contributed by atoms with Crippen molar-refractivity contribution in [3.05, 3.63) is 12.3 Å². The molecule has 3 heteroatoms. The van der Waals surface area contributed by atoms with Crippen molar-refractivity contribution >= 4 is 6.21 Å². The molecule has 0 unspecified atom stereocenters. The third-order valence-electron chi connectivity index (χ3n) is 2.71. The maximum atomic E-state index is 4.08. The molecule has 80 valence electrons. The highest BCUT2D eigenvalue weighted by Crippen LogP contribution is 2.05. The van der Waals surface area contributed by atoms with Gasteiger partial charge in [-0.1, -0.05) is 0 Å². The van der Waals surface area contributed by atoms with Gasteiger partial charge in [-0.15, -0.1) is 0 Å². The minimum Gasteiger partial charge on any atom is -0.304 e. The molecule has 0 saturated carbocycles. The highest BCUT2D eigenvalue weighted by atomic mass is 15.3. The van der Waals surface area contributed by atoms with Crippen LogP contribution in [-0.4, -0.2) is 55.3 Å². The summed E-state index contributed by atoms with van der Waals surface area (Å²) < 4.78 is 0. The summed E-state index contributed by atoms with van der Waals surface area (Å²) in [7, 11) is 2.18. The number of nitrogens with zero attached hydrogens (tertiary/aromatic N) is 3. The second-order valence-electron chi connectivity index (χ2n) is 3.83. The summed E-state index contributed by atoms with van der Waals surface area (Å²) in [5.74, 6) is 0. The lowest BCUT2D eigenvalue weighted by molar-refractivity contribution is 0.136. The molecule has 1 atom stereocenters. The monoisotopic (exact) mass is 195 g/mol. The summed E-state index contributed by atoms with van der Waals surface area (Å²) in [6, 6.07) is 0.507. The normalized spacial score (nSPS) is 23.6. The van der Waals surface area contributed by atoms with Gasteiger partial charge in [-0.05, 0) is 27.0 Å². The molecule has 0 aromatic carbocycles. The fraction of sp³-hybridized carbons (Fsp3) is 0.727. The third-order valence-corrected chi connectivity index (χ3v) is 2.71. The van der Waals surface area contributed by atoms with Crippen LogP contribution in [0.3, 0.4) is 0 Å². The van der Waals surface area contributed by atoms with E-state index in [1.54, 1.807) is 0 Å². The zero-order valence-electron chi connectivity index (χ0n) is 9.48. The first-order valence-electron chi connectivity index (χ1n) is 5.31. The predicted octanol–water partition coefficient (Wildman–Crippen LogP) is 1.23. The van der Waals surface area contributed by atoms with E-state index in [2.05, 4.69) is 34.8 Å². The molecule has 1 rings (SSSR count). The van der Waals surface area contributed by atoms with Crippen molar-refractivity contribution in [2.75, 3.05) is 33.2 Å². The van der Waals surface area contributed by atoms with Gasteiger partial charge in [0.2, 0.25) is 0 Å². The number of rotatable bonds is 3. The van der Waals surface area contributed by atoms with E-state index in [0.29, 0.717) is 6.04 Å². The van der Waals surface area contributed by atoms with Gasteiger partial charge in [0.25, 0.3) is 0 Å². The minimum absolute atomic E-state index is 0.507. The van der Waals surface area contributed by atoms with Gasteiger partial charge in [0.15, 0.2) is 0 Å². The van der Waals surface area contributed by atoms with E-state index in [1.165, 1.54) is 13.1 Å². The molecule has 0 amide bonds. The molecule has 0 radical (unpaired) electrons. The Morgan fingerprint density at radius 2 is 1.86 bits per heavy atom. The molecular formula is C11H21N3. The smallest absolute Gasteiger partial charge is 0.0268 e. The Morgan fingerprint density at radius 1 is 1.21 bits per heavy atom. The van der Waals surface area contributed by atoms with Crippen molar-refractivity contribution < 1.29 is 0 Å². The molecule has 0 bridgehead atoms. The highest BCUT2D eigenvalue weighted by molar-refractivity contribution is 5.54. The van der Waals surface area contributed by atoms with Crippen LogP contribution in [0.1, 0.15) is 13.8 Å².